The first-order valence-electron chi connectivity index (χ1n) is 4.76. The van der Waals surface area contributed by atoms with E-state index >= 15 is 0 Å². The van der Waals surface area contributed by atoms with Gasteiger partial charge in [0, 0.05) is 0 Å². The SMILES string of the molecule is O=C/C=C(\c1ccc(O)cc1)C1CC1. The summed E-state index contributed by atoms with van der Waals surface area (Å²) in [4.78, 5) is 10.5. The lowest BCUT2D eigenvalue weighted by Crippen LogP contribution is -1.86. The number of rotatable bonds is 3. The fourth-order valence-electron chi connectivity index (χ4n) is 1.59. The molecule has 1 aromatic rings. The molecule has 72 valence electrons. The lowest BCUT2D eigenvalue weighted by atomic mass is 10.0. The first-order valence-corrected chi connectivity index (χ1v) is 4.76. The van der Waals surface area contributed by atoms with E-state index in [1.807, 2.05) is 12.1 Å². The van der Waals surface area contributed by atoms with Gasteiger partial charge in [-0.2, -0.15) is 0 Å². The summed E-state index contributed by atoms with van der Waals surface area (Å²) in [5, 5.41) is 9.13. The largest absolute Gasteiger partial charge is 0.508 e. The van der Waals surface area contributed by atoms with Crippen LogP contribution in [0, 0.1) is 5.92 Å². The van der Waals surface area contributed by atoms with E-state index in [9.17, 15) is 4.79 Å². The summed E-state index contributed by atoms with van der Waals surface area (Å²) in [7, 11) is 0. The number of benzene rings is 1. The summed E-state index contributed by atoms with van der Waals surface area (Å²) in [6, 6.07) is 7.00. The smallest absolute Gasteiger partial charge is 0.143 e. The van der Waals surface area contributed by atoms with Crippen molar-refractivity contribution in [2.45, 2.75) is 12.8 Å². The van der Waals surface area contributed by atoms with Crippen molar-refractivity contribution in [3.63, 3.8) is 0 Å². The summed E-state index contributed by atoms with van der Waals surface area (Å²) < 4.78 is 0. The first kappa shape index (κ1) is 9.00. The van der Waals surface area contributed by atoms with Gasteiger partial charge in [-0.05, 0) is 48.1 Å². The first-order chi connectivity index (χ1) is 6.81. The average molecular weight is 188 g/mol. The molecule has 0 atom stereocenters. The van der Waals surface area contributed by atoms with Gasteiger partial charge in [0.05, 0.1) is 0 Å². The predicted molar refractivity (Wildman–Crippen MR) is 54.9 cm³/mol. The molecule has 1 aromatic carbocycles. The molecule has 2 heteroatoms. The van der Waals surface area contributed by atoms with Crippen molar-refractivity contribution in [2.75, 3.05) is 0 Å². The zero-order valence-corrected chi connectivity index (χ0v) is 7.81. The monoisotopic (exact) mass is 188 g/mol. The van der Waals surface area contributed by atoms with Crippen LogP contribution < -0.4 is 0 Å². The standard InChI is InChI=1S/C12H12O2/c13-8-7-12(9-1-2-9)10-3-5-11(14)6-4-10/h3-9,14H,1-2H2/b12-7-. The second-order valence-corrected chi connectivity index (χ2v) is 3.58. The van der Waals surface area contributed by atoms with Crippen molar-refractivity contribution in [3.05, 3.63) is 35.9 Å². The lowest BCUT2D eigenvalue weighted by Gasteiger charge is -2.04. The molecule has 1 saturated carbocycles. The Morgan fingerprint density at radius 3 is 2.43 bits per heavy atom. The van der Waals surface area contributed by atoms with Gasteiger partial charge in [-0.3, -0.25) is 4.79 Å². The van der Waals surface area contributed by atoms with E-state index in [2.05, 4.69) is 0 Å². The highest BCUT2D eigenvalue weighted by atomic mass is 16.3. The van der Waals surface area contributed by atoms with Gasteiger partial charge in [0.15, 0.2) is 0 Å². The summed E-state index contributed by atoms with van der Waals surface area (Å²) in [6.45, 7) is 0. The lowest BCUT2D eigenvalue weighted by molar-refractivity contribution is -0.104. The van der Waals surface area contributed by atoms with Crippen molar-refractivity contribution in [3.8, 4) is 5.75 Å². The molecule has 0 aromatic heterocycles. The number of carbonyl (C=O) groups is 1. The molecule has 1 N–H and O–H groups in total. The Balaban J connectivity index is 2.30. The van der Waals surface area contributed by atoms with Crippen molar-refractivity contribution in [1.29, 1.82) is 0 Å². The number of hydrogen-bond donors (Lipinski definition) is 1. The molecule has 0 unspecified atom stereocenters. The Hall–Kier alpha value is -1.57. The van der Waals surface area contributed by atoms with Gasteiger partial charge in [-0.1, -0.05) is 12.1 Å². The summed E-state index contributed by atoms with van der Waals surface area (Å²) in [5.41, 5.74) is 2.14. The predicted octanol–water partition coefficient (Wildman–Crippen LogP) is 2.38. The minimum Gasteiger partial charge on any atom is -0.508 e. The topological polar surface area (TPSA) is 37.3 Å². The molecule has 0 bridgehead atoms. The molecule has 2 nitrogen and oxygen atoms in total. The Morgan fingerprint density at radius 1 is 1.29 bits per heavy atom. The van der Waals surface area contributed by atoms with Crippen LogP contribution in [0.5, 0.6) is 5.75 Å². The van der Waals surface area contributed by atoms with E-state index in [-0.39, 0.29) is 5.75 Å². The van der Waals surface area contributed by atoms with Crippen LogP contribution in [-0.4, -0.2) is 11.4 Å². The Bertz CT molecular complexity index is 358. The third-order valence-corrected chi connectivity index (χ3v) is 2.47. The Kier molecular flexibility index (Phi) is 2.35. The fraction of sp³-hybridized carbons (Fsp3) is 0.250. The van der Waals surface area contributed by atoms with E-state index in [4.69, 9.17) is 5.11 Å². The number of allylic oxidation sites excluding steroid dienone is 2. The maximum Gasteiger partial charge on any atom is 0.143 e. The van der Waals surface area contributed by atoms with E-state index < -0.39 is 0 Å². The minimum atomic E-state index is 0.259. The van der Waals surface area contributed by atoms with Gasteiger partial charge in [-0.15, -0.1) is 0 Å². The number of phenolic OH excluding ortho intramolecular Hbond substituents is 1. The summed E-state index contributed by atoms with van der Waals surface area (Å²) in [6.07, 6.45) is 4.80. The molecule has 0 amide bonds. The number of carbonyl (C=O) groups excluding carboxylic acids is 1. The van der Waals surface area contributed by atoms with Crippen LogP contribution in [0.1, 0.15) is 18.4 Å². The highest BCUT2D eigenvalue weighted by Gasteiger charge is 2.26. The maximum atomic E-state index is 10.5. The quantitative estimate of drug-likeness (QED) is 0.584. The van der Waals surface area contributed by atoms with Crippen LogP contribution in [0.3, 0.4) is 0 Å². The van der Waals surface area contributed by atoms with Crippen LogP contribution in [-0.2, 0) is 4.79 Å². The Labute approximate surface area is 82.9 Å². The summed E-state index contributed by atoms with van der Waals surface area (Å²) in [5.74, 6) is 0.805. The number of aromatic hydroxyl groups is 1. The van der Waals surface area contributed by atoms with Gasteiger partial charge in [0.2, 0.25) is 0 Å². The molecule has 14 heavy (non-hydrogen) atoms. The summed E-state index contributed by atoms with van der Waals surface area (Å²) >= 11 is 0. The molecule has 0 aliphatic heterocycles. The van der Waals surface area contributed by atoms with Crippen LogP contribution in [0.2, 0.25) is 0 Å². The average Bonchev–Trinajstić information content (AvgIpc) is 2.99. The van der Waals surface area contributed by atoms with Crippen molar-refractivity contribution < 1.29 is 9.90 Å². The van der Waals surface area contributed by atoms with E-state index in [0.717, 1.165) is 17.4 Å². The van der Waals surface area contributed by atoms with Gasteiger partial charge >= 0.3 is 0 Å². The van der Waals surface area contributed by atoms with E-state index in [1.165, 1.54) is 12.8 Å². The highest BCUT2D eigenvalue weighted by molar-refractivity contribution is 5.83. The van der Waals surface area contributed by atoms with Crippen molar-refractivity contribution >= 4 is 11.9 Å². The molecule has 2 rings (SSSR count). The van der Waals surface area contributed by atoms with Crippen LogP contribution >= 0.6 is 0 Å². The van der Waals surface area contributed by atoms with E-state index in [0.29, 0.717) is 5.92 Å². The number of aldehydes is 1. The molecule has 1 aliphatic carbocycles. The van der Waals surface area contributed by atoms with Gasteiger partial charge in [0.1, 0.15) is 12.0 Å². The minimum absolute atomic E-state index is 0.259. The molecular formula is C12H12O2. The highest BCUT2D eigenvalue weighted by Crippen LogP contribution is 2.41. The Morgan fingerprint density at radius 2 is 1.93 bits per heavy atom. The maximum absolute atomic E-state index is 10.5. The van der Waals surface area contributed by atoms with Crippen LogP contribution in [0.25, 0.3) is 5.57 Å². The molecule has 0 heterocycles. The van der Waals surface area contributed by atoms with Crippen molar-refractivity contribution in [1.82, 2.24) is 0 Å². The van der Waals surface area contributed by atoms with E-state index in [1.54, 1.807) is 18.2 Å². The second kappa shape index (κ2) is 3.66. The number of hydrogen-bond acceptors (Lipinski definition) is 2. The molecule has 0 spiro atoms. The van der Waals surface area contributed by atoms with Crippen LogP contribution in [0.4, 0.5) is 0 Å². The molecular weight excluding hydrogens is 176 g/mol. The van der Waals surface area contributed by atoms with Gasteiger partial charge < -0.3 is 5.11 Å². The zero-order chi connectivity index (χ0) is 9.97. The van der Waals surface area contributed by atoms with Crippen LogP contribution in [0.15, 0.2) is 30.3 Å². The van der Waals surface area contributed by atoms with Crippen molar-refractivity contribution in [2.24, 2.45) is 5.92 Å². The van der Waals surface area contributed by atoms with Gasteiger partial charge in [0.25, 0.3) is 0 Å². The molecule has 1 fully saturated rings. The third kappa shape index (κ3) is 1.84. The molecule has 0 radical (unpaired) electrons. The zero-order valence-electron chi connectivity index (χ0n) is 7.81. The second-order valence-electron chi connectivity index (χ2n) is 3.58. The molecule has 0 saturated heterocycles. The number of phenols is 1. The third-order valence-electron chi connectivity index (χ3n) is 2.47. The van der Waals surface area contributed by atoms with Gasteiger partial charge in [-0.25, -0.2) is 0 Å². The molecule has 1 aliphatic rings. The fourth-order valence-corrected chi connectivity index (χ4v) is 1.59. The normalized spacial score (nSPS) is 16.7.